The first-order valence-electron chi connectivity index (χ1n) is 5.24. The molecule has 1 aromatic carbocycles. The van der Waals surface area contributed by atoms with Gasteiger partial charge in [-0.2, -0.15) is 0 Å². The molecule has 2 heteroatoms. The fraction of sp³-hybridized carbons (Fsp3) is 0.462. The normalized spacial score (nSPS) is 13.5. The van der Waals surface area contributed by atoms with Crippen LogP contribution in [0.4, 0.5) is 0 Å². The Kier molecular flexibility index (Phi) is 4.04. The van der Waals surface area contributed by atoms with Crippen LogP contribution in [-0.4, -0.2) is 17.5 Å². The van der Waals surface area contributed by atoms with E-state index in [1.807, 2.05) is 30.3 Å². The van der Waals surface area contributed by atoms with Gasteiger partial charge in [-0.3, -0.25) is 0 Å². The summed E-state index contributed by atoms with van der Waals surface area (Å²) in [5, 5.41) is 9.81. The van der Waals surface area contributed by atoms with Gasteiger partial charge in [0.25, 0.3) is 0 Å². The Morgan fingerprint density at radius 3 is 2.47 bits per heavy atom. The molecule has 0 unspecified atom stereocenters. The number of rotatable bonds is 5. The van der Waals surface area contributed by atoms with Gasteiger partial charge in [0.2, 0.25) is 0 Å². The highest BCUT2D eigenvalue weighted by Crippen LogP contribution is 2.21. The van der Waals surface area contributed by atoms with Gasteiger partial charge in [-0.25, -0.2) is 0 Å². The number of hydrogen-bond acceptors (Lipinski definition) is 2. The number of carbonyl (C=O) groups excluding carboxylic acids is 1. The van der Waals surface area contributed by atoms with Crippen molar-refractivity contribution in [2.45, 2.75) is 32.8 Å². The molecule has 0 aliphatic heterocycles. The molecular weight excluding hydrogens is 188 g/mol. The predicted molar refractivity (Wildman–Crippen MR) is 60.6 cm³/mol. The minimum absolute atomic E-state index is 0.574. The number of aliphatic hydroxyl groups excluding tert-OH is 1. The molecule has 0 heterocycles. The van der Waals surface area contributed by atoms with E-state index in [-0.39, 0.29) is 0 Å². The van der Waals surface area contributed by atoms with Crippen LogP contribution < -0.4 is 0 Å². The van der Waals surface area contributed by atoms with Crippen LogP contribution in [0.25, 0.3) is 0 Å². The van der Waals surface area contributed by atoms with Gasteiger partial charge >= 0.3 is 0 Å². The fourth-order valence-electron chi connectivity index (χ4n) is 1.40. The largest absolute Gasteiger partial charge is 0.392 e. The summed E-state index contributed by atoms with van der Waals surface area (Å²) in [6.07, 6.45) is 1.67. The average molecular weight is 206 g/mol. The Morgan fingerprint density at radius 2 is 1.93 bits per heavy atom. The van der Waals surface area contributed by atoms with E-state index in [1.54, 1.807) is 13.8 Å². The van der Waals surface area contributed by atoms with Crippen molar-refractivity contribution in [2.24, 2.45) is 5.41 Å². The van der Waals surface area contributed by atoms with Crippen LogP contribution in [0.15, 0.2) is 30.3 Å². The molecular formula is C13H18O2. The lowest BCUT2D eigenvalue weighted by Crippen LogP contribution is -2.31. The van der Waals surface area contributed by atoms with Crippen molar-refractivity contribution >= 4 is 6.29 Å². The minimum atomic E-state index is -0.644. The van der Waals surface area contributed by atoms with Crippen molar-refractivity contribution in [2.75, 3.05) is 0 Å². The first-order chi connectivity index (χ1) is 7.06. The first kappa shape index (κ1) is 11.9. The molecule has 82 valence electrons. The Bertz CT molecular complexity index is 304. The molecule has 2 nitrogen and oxygen atoms in total. The highest BCUT2D eigenvalue weighted by molar-refractivity contribution is 5.58. The van der Waals surface area contributed by atoms with Gasteiger partial charge in [-0.15, -0.1) is 0 Å². The molecule has 0 amide bonds. The van der Waals surface area contributed by atoms with Crippen molar-refractivity contribution in [1.82, 2.24) is 0 Å². The second-order valence-electron chi connectivity index (χ2n) is 4.48. The SMILES string of the molecule is CC(C)(C=O)[C@@H](O)CCc1ccccc1. The summed E-state index contributed by atoms with van der Waals surface area (Å²) >= 11 is 0. The number of aldehydes is 1. The number of aliphatic hydroxyl groups is 1. The van der Waals surface area contributed by atoms with Crippen LogP contribution in [-0.2, 0) is 11.2 Å². The van der Waals surface area contributed by atoms with Crippen LogP contribution in [0.1, 0.15) is 25.8 Å². The van der Waals surface area contributed by atoms with Crippen molar-refractivity contribution in [3.8, 4) is 0 Å². The third-order valence-corrected chi connectivity index (χ3v) is 2.71. The predicted octanol–water partition coefficient (Wildman–Crippen LogP) is 2.21. The smallest absolute Gasteiger partial charge is 0.128 e. The Labute approximate surface area is 90.9 Å². The van der Waals surface area contributed by atoms with Gasteiger partial charge in [-0.1, -0.05) is 44.2 Å². The molecule has 15 heavy (non-hydrogen) atoms. The molecule has 0 saturated carbocycles. The van der Waals surface area contributed by atoms with Crippen LogP contribution >= 0.6 is 0 Å². The number of hydrogen-bond donors (Lipinski definition) is 1. The number of benzene rings is 1. The second-order valence-corrected chi connectivity index (χ2v) is 4.48. The maximum absolute atomic E-state index is 10.7. The van der Waals surface area contributed by atoms with E-state index in [4.69, 9.17) is 0 Å². The Hall–Kier alpha value is -1.15. The third kappa shape index (κ3) is 3.48. The van der Waals surface area contributed by atoms with Gasteiger partial charge < -0.3 is 9.90 Å². The topological polar surface area (TPSA) is 37.3 Å². The van der Waals surface area contributed by atoms with Crippen LogP contribution in [0.2, 0.25) is 0 Å². The van der Waals surface area contributed by atoms with Gasteiger partial charge in [0, 0.05) is 5.41 Å². The highest BCUT2D eigenvalue weighted by atomic mass is 16.3. The maximum atomic E-state index is 10.7. The summed E-state index contributed by atoms with van der Waals surface area (Å²) < 4.78 is 0. The summed E-state index contributed by atoms with van der Waals surface area (Å²) in [4.78, 5) is 10.7. The molecule has 1 atom stereocenters. The highest BCUT2D eigenvalue weighted by Gasteiger charge is 2.26. The molecule has 0 spiro atoms. The monoisotopic (exact) mass is 206 g/mol. The summed E-state index contributed by atoms with van der Waals surface area (Å²) in [5.41, 5.74) is 0.549. The molecule has 0 aromatic heterocycles. The lowest BCUT2D eigenvalue weighted by Gasteiger charge is -2.24. The number of carbonyl (C=O) groups is 1. The van der Waals surface area contributed by atoms with E-state index in [0.717, 1.165) is 12.7 Å². The maximum Gasteiger partial charge on any atom is 0.128 e. The summed E-state index contributed by atoms with van der Waals surface area (Å²) in [6, 6.07) is 9.98. The lowest BCUT2D eigenvalue weighted by molar-refractivity contribution is -0.120. The quantitative estimate of drug-likeness (QED) is 0.750. The minimum Gasteiger partial charge on any atom is -0.392 e. The Morgan fingerprint density at radius 1 is 1.33 bits per heavy atom. The molecule has 1 aromatic rings. The zero-order valence-electron chi connectivity index (χ0n) is 9.31. The third-order valence-electron chi connectivity index (χ3n) is 2.71. The van der Waals surface area contributed by atoms with Crippen molar-refractivity contribution in [1.29, 1.82) is 0 Å². The zero-order valence-corrected chi connectivity index (χ0v) is 9.31. The lowest BCUT2D eigenvalue weighted by atomic mass is 9.85. The summed E-state index contributed by atoms with van der Waals surface area (Å²) in [5.74, 6) is 0. The molecule has 0 fully saturated rings. The van der Waals surface area contributed by atoms with E-state index < -0.39 is 11.5 Å². The van der Waals surface area contributed by atoms with E-state index in [9.17, 15) is 9.90 Å². The van der Waals surface area contributed by atoms with E-state index in [2.05, 4.69) is 0 Å². The molecule has 0 bridgehead atoms. The van der Waals surface area contributed by atoms with Crippen LogP contribution in [0.5, 0.6) is 0 Å². The van der Waals surface area contributed by atoms with Crippen molar-refractivity contribution in [3.05, 3.63) is 35.9 Å². The number of aryl methyl sites for hydroxylation is 1. The zero-order chi connectivity index (χ0) is 11.3. The van der Waals surface area contributed by atoms with Gasteiger partial charge in [0.05, 0.1) is 6.10 Å². The van der Waals surface area contributed by atoms with E-state index in [0.29, 0.717) is 6.42 Å². The van der Waals surface area contributed by atoms with E-state index in [1.165, 1.54) is 5.56 Å². The van der Waals surface area contributed by atoms with Crippen molar-refractivity contribution in [3.63, 3.8) is 0 Å². The van der Waals surface area contributed by atoms with Crippen LogP contribution in [0.3, 0.4) is 0 Å². The van der Waals surface area contributed by atoms with E-state index >= 15 is 0 Å². The summed E-state index contributed by atoms with van der Waals surface area (Å²) in [6.45, 7) is 3.52. The molecule has 0 radical (unpaired) electrons. The van der Waals surface area contributed by atoms with Gasteiger partial charge in [0.1, 0.15) is 6.29 Å². The average Bonchev–Trinajstić information content (AvgIpc) is 2.27. The summed E-state index contributed by atoms with van der Waals surface area (Å²) in [7, 11) is 0. The van der Waals surface area contributed by atoms with Crippen LogP contribution in [0, 0.1) is 5.41 Å². The van der Waals surface area contributed by atoms with Gasteiger partial charge in [-0.05, 0) is 18.4 Å². The molecule has 0 aliphatic carbocycles. The molecule has 1 rings (SSSR count). The second kappa shape index (κ2) is 5.08. The first-order valence-corrected chi connectivity index (χ1v) is 5.24. The molecule has 0 aliphatic rings. The molecule has 0 saturated heterocycles. The standard InChI is InChI=1S/C13H18O2/c1-13(2,10-14)12(15)9-8-11-6-4-3-5-7-11/h3-7,10,12,15H,8-9H2,1-2H3/t12-/m0/s1. The van der Waals surface area contributed by atoms with Gasteiger partial charge in [0.15, 0.2) is 0 Å². The Balaban J connectivity index is 2.48. The van der Waals surface area contributed by atoms with Crippen molar-refractivity contribution < 1.29 is 9.90 Å². The molecule has 1 N–H and O–H groups in total. The fourth-order valence-corrected chi connectivity index (χ4v) is 1.40.